The predicted octanol–water partition coefficient (Wildman–Crippen LogP) is 5.49. The lowest BCUT2D eigenvalue weighted by Crippen LogP contribution is -2.29. The fourth-order valence-corrected chi connectivity index (χ4v) is 4.43. The average molecular weight is 495 g/mol. The molecule has 186 valence electrons. The number of pyridine rings is 1. The number of ether oxygens (including phenoxy) is 1. The Bertz CT molecular complexity index is 1470. The molecular weight excluding hydrogens is 468 g/mol. The van der Waals surface area contributed by atoms with Crippen LogP contribution in [0.25, 0.3) is 5.76 Å². The van der Waals surface area contributed by atoms with E-state index in [0.29, 0.717) is 29.4 Å². The van der Waals surface area contributed by atoms with E-state index in [0.717, 1.165) is 16.7 Å². The number of aromatic nitrogens is 1. The highest BCUT2D eigenvalue weighted by molar-refractivity contribution is 6.46. The highest BCUT2D eigenvalue weighted by Crippen LogP contribution is 2.41. The van der Waals surface area contributed by atoms with Gasteiger partial charge >= 0.3 is 0 Å². The van der Waals surface area contributed by atoms with Crippen LogP contribution in [0.2, 0.25) is 0 Å². The molecule has 2 aromatic heterocycles. The number of benzene rings is 2. The minimum atomic E-state index is -0.870. The zero-order valence-electron chi connectivity index (χ0n) is 20.5. The van der Waals surface area contributed by atoms with E-state index in [1.807, 2.05) is 37.3 Å². The molecule has 7 heteroatoms. The number of hydrogen-bond acceptors (Lipinski definition) is 6. The van der Waals surface area contributed by atoms with Crippen LogP contribution < -0.4 is 4.74 Å². The monoisotopic (exact) mass is 494 g/mol. The van der Waals surface area contributed by atoms with Gasteiger partial charge in [-0.1, -0.05) is 30.3 Å². The smallest absolute Gasteiger partial charge is 0.296 e. The van der Waals surface area contributed by atoms with Crippen molar-refractivity contribution in [3.05, 3.63) is 125 Å². The Hall–Kier alpha value is -4.65. The summed E-state index contributed by atoms with van der Waals surface area (Å²) in [7, 11) is 0. The van der Waals surface area contributed by atoms with Gasteiger partial charge in [-0.15, -0.1) is 0 Å². The molecule has 1 amide bonds. The van der Waals surface area contributed by atoms with Crippen molar-refractivity contribution >= 4 is 17.4 Å². The number of Topliss-reactive ketones (excluding diaryl/α,β-unsaturated/α-hetero) is 1. The van der Waals surface area contributed by atoms with E-state index in [1.165, 1.54) is 4.90 Å². The van der Waals surface area contributed by atoms with Crippen LogP contribution >= 0.6 is 0 Å². The third kappa shape index (κ3) is 4.89. The predicted molar refractivity (Wildman–Crippen MR) is 137 cm³/mol. The molecule has 1 aliphatic heterocycles. The van der Waals surface area contributed by atoms with E-state index in [2.05, 4.69) is 4.98 Å². The van der Waals surface area contributed by atoms with Gasteiger partial charge < -0.3 is 19.2 Å². The summed E-state index contributed by atoms with van der Waals surface area (Å²) in [6.07, 6.45) is 3.28. The summed E-state index contributed by atoms with van der Waals surface area (Å²) in [4.78, 5) is 31.8. The van der Waals surface area contributed by atoms with Gasteiger partial charge in [-0.05, 0) is 73.0 Å². The van der Waals surface area contributed by atoms with Gasteiger partial charge in [-0.3, -0.25) is 14.6 Å². The SMILES string of the molecule is Cc1ccc(C2C(=C(O)c3ccc(OCc4ccccc4C)cc3)C(=O)C(=O)N2Cc2cccnc2)o1. The van der Waals surface area contributed by atoms with E-state index >= 15 is 0 Å². The maximum absolute atomic E-state index is 13.2. The number of carbonyl (C=O) groups excluding carboxylic acids is 2. The van der Waals surface area contributed by atoms with Crippen molar-refractivity contribution in [1.82, 2.24) is 9.88 Å². The zero-order valence-corrected chi connectivity index (χ0v) is 20.5. The Morgan fingerprint density at radius 3 is 2.46 bits per heavy atom. The first kappa shape index (κ1) is 24.1. The molecule has 5 rings (SSSR count). The van der Waals surface area contributed by atoms with E-state index in [9.17, 15) is 14.7 Å². The molecule has 0 aliphatic carbocycles. The number of aliphatic hydroxyl groups excluding tert-OH is 1. The Kier molecular flexibility index (Phi) is 6.60. The minimum Gasteiger partial charge on any atom is -0.507 e. The number of rotatable bonds is 7. The number of aliphatic hydroxyl groups is 1. The summed E-state index contributed by atoms with van der Waals surface area (Å²) in [5.41, 5.74) is 3.36. The Labute approximate surface area is 214 Å². The third-order valence-electron chi connectivity index (χ3n) is 6.43. The first-order chi connectivity index (χ1) is 17.9. The fraction of sp³-hybridized carbons (Fsp3) is 0.167. The number of ketones is 1. The van der Waals surface area contributed by atoms with Crippen LogP contribution in [-0.4, -0.2) is 26.7 Å². The van der Waals surface area contributed by atoms with E-state index in [-0.39, 0.29) is 17.9 Å². The number of likely N-dealkylation sites (tertiary alicyclic amines) is 1. The van der Waals surface area contributed by atoms with Gasteiger partial charge in [0.15, 0.2) is 0 Å². The highest BCUT2D eigenvalue weighted by Gasteiger charge is 2.47. The molecule has 0 radical (unpaired) electrons. The summed E-state index contributed by atoms with van der Waals surface area (Å²) < 4.78 is 11.7. The number of hydrogen-bond donors (Lipinski definition) is 1. The van der Waals surface area contributed by atoms with Gasteiger partial charge in [0.2, 0.25) is 0 Å². The second-order valence-corrected chi connectivity index (χ2v) is 8.98. The Morgan fingerprint density at radius 1 is 1.00 bits per heavy atom. The summed E-state index contributed by atoms with van der Waals surface area (Å²) in [5.74, 6) is -0.0769. The molecule has 1 unspecified atom stereocenters. The maximum Gasteiger partial charge on any atom is 0.296 e. The molecule has 1 fully saturated rings. The molecule has 1 saturated heterocycles. The second-order valence-electron chi connectivity index (χ2n) is 8.98. The number of aryl methyl sites for hydroxylation is 2. The molecule has 1 aliphatic rings. The first-order valence-electron chi connectivity index (χ1n) is 11.9. The maximum atomic E-state index is 13.2. The molecule has 7 nitrogen and oxygen atoms in total. The van der Waals surface area contributed by atoms with Crippen molar-refractivity contribution in [2.24, 2.45) is 0 Å². The van der Waals surface area contributed by atoms with Gasteiger partial charge in [0.1, 0.15) is 35.7 Å². The van der Waals surface area contributed by atoms with Crippen LogP contribution in [0, 0.1) is 13.8 Å². The quantitative estimate of drug-likeness (QED) is 0.207. The molecule has 2 aromatic carbocycles. The largest absolute Gasteiger partial charge is 0.507 e. The molecule has 0 spiro atoms. The standard InChI is InChI=1S/C30H26N2O5/c1-19-6-3-4-8-23(19)18-36-24-12-10-22(11-13-24)28(33)26-27(25-14-9-20(2)37-25)32(30(35)29(26)34)17-21-7-5-15-31-16-21/h3-16,27,33H,17-18H2,1-2H3. The minimum absolute atomic E-state index is 0.0168. The van der Waals surface area contributed by atoms with Gasteiger partial charge in [0.05, 0.1) is 5.57 Å². The van der Waals surface area contributed by atoms with Crippen molar-refractivity contribution < 1.29 is 23.8 Å². The number of furan rings is 1. The van der Waals surface area contributed by atoms with Gasteiger partial charge in [0, 0.05) is 24.5 Å². The topological polar surface area (TPSA) is 92.9 Å². The van der Waals surface area contributed by atoms with Crippen LogP contribution in [0.4, 0.5) is 0 Å². The van der Waals surface area contributed by atoms with Crippen LogP contribution in [0.3, 0.4) is 0 Å². The van der Waals surface area contributed by atoms with Gasteiger partial charge in [-0.25, -0.2) is 0 Å². The second kappa shape index (κ2) is 10.1. The van der Waals surface area contributed by atoms with Crippen molar-refractivity contribution in [2.45, 2.75) is 33.0 Å². The lowest BCUT2D eigenvalue weighted by Gasteiger charge is -2.23. The number of amides is 1. The van der Waals surface area contributed by atoms with Crippen LogP contribution in [0.15, 0.2) is 95.2 Å². The lowest BCUT2D eigenvalue weighted by atomic mass is 9.99. The number of nitrogens with zero attached hydrogens (tertiary/aromatic N) is 2. The van der Waals surface area contributed by atoms with Crippen molar-refractivity contribution in [1.29, 1.82) is 0 Å². The van der Waals surface area contributed by atoms with Gasteiger partial charge in [-0.2, -0.15) is 0 Å². The molecular formula is C30H26N2O5. The van der Waals surface area contributed by atoms with Gasteiger partial charge in [0.25, 0.3) is 11.7 Å². The molecule has 4 aromatic rings. The molecule has 0 saturated carbocycles. The van der Waals surface area contributed by atoms with Crippen LogP contribution in [0.5, 0.6) is 5.75 Å². The van der Waals surface area contributed by atoms with Crippen molar-refractivity contribution in [2.75, 3.05) is 0 Å². The lowest BCUT2D eigenvalue weighted by molar-refractivity contribution is -0.140. The first-order valence-corrected chi connectivity index (χ1v) is 11.9. The summed E-state index contributed by atoms with van der Waals surface area (Å²) in [6, 6.07) is 21.0. The fourth-order valence-electron chi connectivity index (χ4n) is 4.43. The Balaban J connectivity index is 1.46. The third-order valence-corrected chi connectivity index (χ3v) is 6.43. The summed E-state index contributed by atoms with van der Waals surface area (Å²) >= 11 is 0. The highest BCUT2D eigenvalue weighted by atomic mass is 16.5. The molecule has 1 N–H and O–H groups in total. The molecule has 0 bridgehead atoms. The van der Waals surface area contributed by atoms with Crippen LogP contribution in [0.1, 0.15) is 39.8 Å². The van der Waals surface area contributed by atoms with E-state index < -0.39 is 17.7 Å². The normalized spacial score (nSPS) is 16.8. The Morgan fingerprint density at radius 2 is 1.78 bits per heavy atom. The van der Waals surface area contributed by atoms with Crippen LogP contribution in [-0.2, 0) is 22.7 Å². The number of carbonyl (C=O) groups is 2. The van der Waals surface area contributed by atoms with Crippen molar-refractivity contribution in [3.8, 4) is 5.75 Å². The average Bonchev–Trinajstić information content (AvgIpc) is 3.45. The molecule has 37 heavy (non-hydrogen) atoms. The molecule has 1 atom stereocenters. The zero-order chi connectivity index (χ0) is 25.9. The van der Waals surface area contributed by atoms with Crippen molar-refractivity contribution in [3.63, 3.8) is 0 Å². The van der Waals surface area contributed by atoms with E-state index in [4.69, 9.17) is 9.15 Å². The summed E-state index contributed by atoms with van der Waals surface area (Å²) in [5, 5.41) is 11.3. The van der Waals surface area contributed by atoms with E-state index in [1.54, 1.807) is 61.8 Å². The molecule has 3 heterocycles. The summed E-state index contributed by atoms with van der Waals surface area (Å²) in [6.45, 7) is 4.37.